The predicted octanol–water partition coefficient (Wildman–Crippen LogP) is 15.3. The lowest BCUT2D eigenvalue weighted by Crippen LogP contribution is -2.03. The normalized spacial score (nSPS) is 12.3. The van der Waals surface area contributed by atoms with E-state index >= 15 is 0 Å². The van der Waals surface area contributed by atoms with Gasteiger partial charge < -0.3 is 4.57 Å². The molecule has 61 heavy (non-hydrogen) atoms. The summed E-state index contributed by atoms with van der Waals surface area (Å²) in [7, 11) is 0. The molecule has 0 spiro atoms. The quantitative estimate of drug-likeness (QED) is 0.167. The van der Waals surface area contributed by atoms with Crippen molar-refractivity contribution in [3.8, 4) is 22.8 Å². The van der Waals surface area contributed by atoms with Gasteiger partial charge in [0, 0.05) is 53.7 Å². The SMILES string of the molecule is c1ccc(-n2c3ccccc3c3cc(-c4nc5sc6ccccc6c5nc4-n4c5ccc6c7ccccc7c7ccccc7c6c5c5ccc6ccccc6c54)ccc32)cc1. The smallest absolute Gasteiger partial charge is 0.165 e. The van der Waals surface area contributed by atoms with Gasteiger partial charge in [-0.15, -0.1) is 11.3 Å². The summed E-state index contributed by atoms with van der Waals surface area (Å²) >= 11 is 1.71. The largest absolute Gasteiger partial charge is 0.309 e. The zero-order valence-electron chi connectivity index (χ0n) is 32.7. The molecule has 14 rings (SSSR count). The van der Waals surface area contributed by atoms with Crippen LogP contribution in [0, 0.1) is 0 Å². The molecule has 0 atom stereocenters. The van der Waals surface area contributed by atoms with Crippen molar-refractivity contribution in [3.05, 3.63) is 194 Å². The molecule has 0 aliphatic rings. The Morgan fingerprint density at radius 3 is 1.80 bits per heavy atom. The van der Waals surface area contributed by atoms with Crippen molar-refractivity contribution in [2.24, 2.45) is 0 Å². The highest BCUT2D eigenvalue weighted by molar-refractivity contribution is 7.25. The van der Waals surface area contributed by atoms with Crippen LogP contribution in [0.3, 0.4) is 0 Å². The fourth-order valence-electron chi connectivity index (χ4n) is 10.3. The number of hydrogen-bond donors (Lipinski definition) is 0. The number of nitrogens with zero attached hydrogens (tertiary/aromatic N) is 4. The molecular weight excluding hydrogens is 761 g/mol. The lowest BCUT2D eigenvalue weighted by Gasteiger charge is -2.15. The third kappa shape index (κ3) is 4.53. The molecule has 0 radical (unpaired) electrons. The Kier molecular flexibility index (Phi) is 6.68. The minimum atomic E-state index is 0.822. The minimum Gasteiger partial charge on any atom is -0.309 e. The van der Waals surface area contributed by atoms with Crippen molar-refractivity contribution in [3.63, 3.8) is 0 Å². The molecule has 0 amide bonds. The van der Waals surface area contributed by atoms with Crippen LogP contribution >= 0.6 is 11.3 Å². The van der Waals surface area contributed by atoms with Crippen molar-refractivity contribution >= 4 is 118 Å². The second kappa shape index (κ2) is 12.3. The summed E-state index contributed by atoms with van der Waals surface area (Å²) in [5.41, 5.74) is 8.51. The van der Waals surface area contributed by atoms with Gasteiger partial charge in [-0.2, -0.15) is 0 Å². The maximum absolute atomic E-state index is 5.78. The van der Waals surface area contributed by atoms with Gasteiger partial charge in [0.1, 0.15) is 16.0 Å². The average molecular weight is 793 g/mol. The summed E-state index contributed by atoms with van der Waals surface area (Å²) < 4.78 is 5.98. The molecule has 10 aromatic carbocycles. The summed E-state index contributed by atoms with van der Waals surface area (Å²) in [4.78, 5) is 12.4. The lowest BCUT2D eigenvalue weighted by atomic mass is 9.91. The van der Waals surface area contributed by atoms with E-state index in [2.05, 4.69) is 203 Å². The Hall–Kier alpha value is -7.86. The minimum absolute atomic E-state index is 0.822. The molecule has 4 nitrogen and oxygen atoms in total. The van der Waals surface area contributed by atoms with E-state index in [1.165, 1.54) is 74.9 Å². The van der Waals surface area contributed by atoms with Crippen LogP contribution in [0.4, 0.5) is 0 Å². The van der Waals surface area contributed by atoms with Crippen LogP contribution in [0.1, 0.15) is 0 Å². The summed E-state index contributed by atoms with van der Waals surface area (Å²) in [5, 5.41) is 15.8. The maximum Gasteiger partial charge on any atom is 0.165 e. The second-order valence-corrected chi connectivity index (χ2v) is 17.1. The maximum atomic E-state index is 5.78. The standard InChI is InChI=1S/C56H32N4S/c1-2-15-35(16-3-1)59-46-24-12-10-21-40(46)45-32-34(27-30-47(45)59)52-55(57-53-43-23-11-13-25-49(43)61-56(53)58-52)60-48-31-29-42-39-20-7-6-18-37(39)38-19-8-9-22-41(38)50(42)51(48)44-28-26-33-14-4-5-17-36(33)54(44)60/h1-32H. The molecule has 0 saturated heterocycles. The molecule has 282 valence electrons. The Morgan fingerprint density at radius 2 is 0.984 bits per heavy atom. The second-order valence-electron chi connectivity index (χ2n) is 16.1. The summed E-state index contributed by atoms with van der Waals surface area (Å²) in [6.45, 7) is 0. The van der Waals surface area contributed by atoms with Crippen LogP contribution in [0.2, 0.25) is 0 Å². The first kappa shape index (κ1) is 33.0. The van der Waals surface area contributed by atoms with Gasteiger partial charge in [0.15, 0.2) is 5.82 Å². The van der Waals surface area contributed by atoms with E-state index < -0.39 is 0 Å². The van der Waals surface area contributed by atoms with E-state index in [4.69, 9.17) is 9.97 Å². The predicted molar refractivity (Wildman–Crippen MR) is 259 cm³/mol. The molecular formula is C56H32N4S. The molecule has 5 heteroatoms. The van der Waals surface area contributed by atoms with Crippen molar-refractivity contribution < 1.29 is 0 Å². The molecule has 4 heterocycles. The van der Waals surface area contributed by atoms with Crippen molar-refractivity contribution in [1.82, 2.24) is 19.1 Å². The zero-order valence-corrected chi connectivity index (χ0v) is 33.5. The number of benzene rings is 10. The molecule has 0 fully saturated rings. The van der Waals surface area contributed by atoms with E-state index in [0.29, 0.717) is 0 Å². The average Bonchev–Trinajstić information content (AvgIpc) is 3.98. The molecule has 0 aliphatic carbocycles. The van der Waals surface area contributed by atoms with E-state index in [0.717, 1.165) is 55.0 Å². The van der Waals surface area contributed by atoms with Gasteiger partial charge in [-0.1, -0.05) is 152 Å². The molecule has 14 aromatic rings. The third-order valence-corrected chi connectivity index (χ3v) is 13.9. The molecule has 0 N–H and O–H groups in total. The number of rotatable bonds is 3. The molecule has 0 aliphatic heterocycles. The Balaban J connectivity index is 1.17. The zero-order chi connectivity index (χ0) is 39.8. The number of para-hydroxylation sites is 2. The van der Waals surface area contributed by atoms with E-state index in [9.17, 15) is 0 Å². The highest BCUT2D eigenvalue weighted by atomic mass is 32.1. The van der Waals surface area contributed by atoms with Gasteiger partial charge in [-0.3, -0.25) is 4.57 Å². The van der Waals surface area contributed by atoms with Gasteiger partial charge in [-0.25, -0.2) is 9.97 Å². The number of hydrogen-bond acceptors (Lipinski definition) is 3. The van der Waals surface area contributed by atoms with Crippen LogP contribution in [0.25, 0.3) is 130 Å². The van der Waals surface area contributed by atoms with Crippen LogP contribution < -0.4 is 0 Å². The first-order valence-corrected chi connectivity index (χ1v) is 21.6. The fourth-order valence-corrected chi connectivity index (χ4v) is 11.3. The summed E-state index contributed by atoms with van der Waals surface area (Å²) in [5.74, 6) is 0.822. The summed E-state index contributed by atoms with van der Waals surface area (Å²) in [6.07, 6.45) is 0. The third-order valence-electron chi connectivity index (χ3n) is 12.9. The van der Waals surface area contributed by atoms with E-state index in [1.807, 2.05) is 0 Å². The Bertz CT molecular complexity index is 4140. The monoisotopic (exact) mass is 792 g/mol. The van der Waals surface area contributed by atoms with Gasteiger partial charge in [-0.05, 0) is 74.8 Å². The van der Waals surface area contributed by atoms with Crippen molar-refractivity contribution in [2.45, 2.75) is 0 Å². The van der Waals surface area contributed by atoms with Crippen LogP contribution in [0.5, 0.6) is 0 Å². The van der Waals surface area contributed by atoms with Crippen LogP contribution in [0.15, 0.2) is 194 Å². The molecule has 4 aromatic heterocycles. The first-order valence-electron chi connectivity index (χ1n) is 20.8. The van der Waals surface area contributed by atoms with Crippen LogP contribution in [-0.4, -0.2) is 19.1 Å². The molecule has 0 unspecified atom stereocenters. The van der Waals surface area contributed by atoms with Crippen molar-refractivity contribution in [1.29, 1.82) is 0 Å². The van der Waals surface area contributed by atoms with Gasteiger partial charge >= 0.3 is 0 Å². The molecule has 0 saturated carbocycles. The van der Waals surface area contributed by atoms with Crippen LogP contribution in [-0.2, 0) is 0 Å². The van der Waals surface area contributed by atoms with Gasteiger partial charge in [0.05, 0.1) is 22.1 Å². The number of thiophene rings is 1. The highest BCUT2D eigenvalue weighted by Gasteiger charge is 2.25. The number of aromatic nitrogens is 4. The van der Waals surface area contributed by atoms with Crippen molar-refractivity contribution in [2.75, 3.05) is 0 Å². The van der Waals surface area contributed by atoms with Gasteiger partial charge in [0.2, 0.25) is 0 Å². The highest BCUT2D eigenvalue weighted by Crippen LogP contribution is 2.47. The summed E-state index contributed by atoms with van der Waals surface area (Å²) in [6, 6.07) is 70.6. The van der Waals surface area contributed by atoms with Gasteiger partial charge in [0.25, 0.3) is 0 Å². The Morgan fingerprint density at radius 1 is 0.377 bits per heavy atom. The number of fused-ring (bicyclic) bond motifs is 18. The topological polar surface area (TPSA) is 35.6 Å². The van der Waals surface area contributed by atoms with E-state index in [-0.39, 0.29) is 0 Å². The molecule has 0 bridgehead atoms. The Labute approximate surface area is 352 Å². The lowest BCUT2D eigenvalue weighted by molar-refractivity contribution is 1.09. The fraction of sp³-hybridized carbons (Fsp3) is 0. The van der Waals surface area contributed by atoms with E-state index in [1.54, 1.807) is 11.3 Å². The first-order chi connectivity index (χ1) is 30.3.